The van der Waals surface area contributed by atoms with E-state index in [9.17, 15) is 0 Å². The maximum atomic E-state index is 5.37. The van der Waals surface area contributed by atoms with Crippen LogP contribution in [-0.4, -0.2) is 26.7 Å². The molecule has 1 aromatic rings. The summed E-state index contributed by atoms with van der Waals surface area (Å²) in [4.78, 5) is 0. The van der Waals surface area contributed by atoms with Gasteiger partial charge < -0.3 is 15.4 Å². The average molecular weight is 313 g/mol. The standard InChI is InChI=1S/C14H21BrN2O/c1-18-14-3-2-13(15)8-12(14)10-17-9-11-4-6-16-7-5-11/h2-3,8,11,16-17H,4-7,9-10H2,1H3. The molecule has 18 heavy (non-hydrogen) atoms. The third-order valence-corrected chi connectivity index (χ3v) is 3.94. The van der Waals surface area contributed by atoms with Crippen LogP contribution < -0.4 is 15.4 Å². The minimum absolute atomic E-state index is 0.810. The summed E-state index contributed by atoms with van der Waals surface area (Å²) in [6.07, 6.45) is 2.56. The van der Waals surface area contributed by atoms with E-state index in [0.29, 0.717) is 0 Å². The van der Waals surface area contributed by atoms with Gasteiger partial charge in [0.05, 0.1) is 7.11 Å². The Morgan fingerprint density at radius 3 is 2.89 bits per heavy atom. The molecule has 1 aromatic carbocycles. The second kappa shape index (κ2) is 7.12. The normalized spacial score (nSPS) is 16.8. The third kappa shape index (κ3) is 3.97. The molecule has 100 valence electrons. The first-order valence-electron chi connectivity index (χ1n) is 6.53. The van der Waals surface area contributed by atoms with Gasteiger partial charge in [0.25, 0.3) is 0 Å². The van der Waals surface area contributed by atoms with Gasteiger partial charge in [-0.15, -0.1) is 0 Å². The molecule has 0 radical (unpaired) electrons. The van der Waals surface area contributed by atoms with Crippen LogP contribution in [0.5, 0.6) is 5.75 Å². The van der Waals surface area contributed by atoms with Gasteiger partial charge in [0, 0.05) is 16.6 Å². The molecule has 4 heteroatoms. The van der Waals surface area contributed by atoms with Crippen molar-refractivity contribution in [2.75, 3.05) is 26.7 Å². The van der Waals surface area contributed by atoms with Gasteiger partial charge >= 0.3 is 0 Å². The molecule has 0 aliphatic carbocycles. The highest BCUT2D eigenvalue weighted by Gasteiger charge is 2.12. The maximum absolute atomic E-state index is 5.37. The Hall–Kier alpha value is -0.580. The quantitative estimate of drug-likeness (QED) is 0.876. The highest BCUT2D eigenvalue weighted by molar-refractivity contribution is 9.10. The van der Waals surface area contributed by atoms with Crippen LogP contribution in [0.25, 0.3) is 0 Å². The first-order chi connectivity index (χ1) is 8.79. The minimum Gasteiger partial charge on any atom is -0.496 e. The molecule has 0 aromatic heterocycles. The Balaban J connectivity index is 1.83. The Morgan fingerprint density at radius 1 is 1.39 bits per heavy atom. The maximum Gasteiger partial charge on any atom is 0.123 e. The van der Waals surface area contributed by atoms with Crippen molar-refractivity contribution in [2.45, 2.75) is 19.4 Å². The highest BCUT2D eigenvalue weighted by Crippen LogP contribution is 2.22. The van der Waals surface area contributed by atoms with E-state index < -0.39 is 0 Å². The summed E-state index contributed by atoms with van der Waals surface area (Å²) in [6.45, 7) is 4.28. The van der Waals surface area contributed by atoms with Crippen molar-refractivity contribution in [1.29, 1.82) is 0 Å². The molecular weight excluding hydrogens is 292 g/mol. The number of piperidine rings is 1. The summed E-state index contributed by atoms with van der Waals surface area (Å²) in [5.74, 6) is 1.76. The largest absolute Gasteiger partial charge is 0.496 e. The summed E-state index contributed by atoms with van der Waals surface area (Å²) in [7, 11) is 1.72. The molecule has 3 nitrogen and oxygen atoms in total. The van der Waals surface area contributed by atoms with E-state index in [0.717, 1.165) is 42.3 Å². The Bertz CT molecular complexity index is 378. The van der Waals surface area contributed by atoms with Crippen LogP contribution >= 0.6 is 15.9 Å². The smallest absolute Gasteiger partial charge is 0.123 e. The minimum atomic E-state index is 0.810. The number of benzene rings is 1. The lowest BCUT2D eigenvalue weighted by Gasteiger charge is -2.23. The van der Waals surface area contributed by atoms with E-state index in [1.165, 1.54) is 18.4 Å². The molecule has 1 saturated heterocycles. The molecule has 0 saturated carbocycles. The summed E-state index contributed by atoms with van der Waals surface area (Å²) >= 11 is 3.50. The molecule has 0 spiro atoms. The number of ether oxygens (including phenoxy) is 1. The highest BCUT2D eigenvalue weighted by atomic mass is 79.9. The van der Waals surface area contributed by atoms with E-state index in [1.54, 1.807) is 7.11 Å². The van der Waals surface area contributed by atoms with Crippen LogP contribution in [0.15, 0.2) is 22.7 Å². The molecular formula is C14H21BrN2O. The first kappa shape index (κ1) is 13.8. The van der Waals surface area contributed by atoms with Gasteiger partial charge in [-0.25, -0.2) is 0 Å². The van der Waals surface area contributed by atoms with Gasteiger partial charge in [-0.3, -0.25) is 0 Å². The molecule has 0 bridgehead atoms. The first-order valence-corrected chi connectivity index (χ1v) is 7.32. The predicted molar refractivity (Wildman–Crippen MR) is 78.0 cm³/mol. The fourth-order valence-corrected chi connectivity index (χ4v) is 2.79. The Kier molecular flexibility index (Phi) is 5.47. The Labute approximate surface area is 117 Å². The molecule has 0 unspecified atom stereocenters. The molecule has 2 rings (SSSR count). The summed E-state index contributed by atoms with van der Waals surface area (Å²) in [5, 5.41) is 6.94. The van der Waals surface area contributed by atoms with Crippen LogP contribution in [0.3, 0.4) is 0 Å². The predicted octanol–water partition coefficient (Wildman–Crippen LogP) is 2.55. The fraction of sp³-hybridized carbons (Fsp3) is 0.571. The zero-order chi connectivity index (χ0) is 12.8. The number of halogens is 1. The van der Waals surface area contributed by atoms with Crippen molar-refractivity contribution in [3.05, 3.63) is 28.2 Å². The average Bonchev–Trinajstić information content (AvgIpc) is 2.40. The van der Waals surface area contributed by atoms with E-state index in [1.807, 2.05) is 12.1 Å². The topological polar surface area (TPSA) is 33.3 Å². The van der Waals surface area contributed by atoms with Crippen LogP contribution in [-0.2, 0) is 6.54 Å². The number of methoxy groups -OCH3 is 1. The number of rotatable bonds is 5. The molecule has 0 atom stereocenters. The van der Waals surface area contributed by atoms with Crippen molar-refractivity contribution in [3.63, 3.8) is 0 Å². The van der Waals surface area contributed by atoms with Gasteiger partial charge in [0.1, 0.15) is 5.75 Å². The second-order valence-corrected chi connectivity index (χ2v) is 5.70. The molecule has 1 fully saturated rings. The van der Waals surface area contributed by atoms with E-state index in [4.69, 9.17) is 4.74 Å². The lowest BCUT2D eigenvalue weighted by Crippen LogP contribution is -2.33. The fourth-order valence-electron chi connectivity index (χ4n) is 2.38. The van der Waals surface area contributed by atoms with Crippen molar-refractivity contribution >= 4 is 15.9 Å². The SMILES string of the molecule is COc1ccc(Br)cc1CNCC1CCNCC1. The van der Waals surface area contributed by atoms with Crippen molar-refractivity contribution in [3.8, 4) is 5.75 Å². The van der Waals surface area contributed by atoms with Gasteiger partial charge in [0.15, 0.2) is 0 Å². The van der Waals surface area contributed by atoms with Crippen LogP contribution in [0.2, 0.25) is 0 Å². The van der Waals surface area contributed by atoms with Crippen LogP contribution in [0.1, 0.15) is 18.4 Å². The molecule has 1 aliphatic heterocycles. The summed E-state index contributed by atoms with van der Waals surface area (Å²) in [6, 6.07) is 6.13. The number of nitrogens with one attached hydrogen (secondary N) is 2. The molecule has 1 heterocycles. The number of hydrogen-bond donors (Lipinski definition) is 2. The van der Waals surface area contributed by atoms with Crippen molar-refractivity contribution in [2.24, 2.45) is 5.92 Å². The van der Waals surface area contributed by atoms with E-state index in [-0.39, 0.29) is 0 Å². The van der Waals surface area contributed by atoms with Gasteiger partial charge in [-0.05, 0) is 56.6 Å². The van der Waals surface area contributed by atoms with Gasteiger partial charge in [0.2, 0.25) is 0 Å². The molecule has 2 N–H and O–H groups in total. The van der Waals surface area contributed by atoms with Crippen molar-refractivity contribution < 1.29 is 4.74 Å². The zero-order valence-electron chi connectivity index (χ0n) is 10.8. The van der Waals surface area contributed by atoms with Gasteiger partial charge in [-0.2, -0.15) is 0 Å². The van der Waals surface area contributed by atoms with E-state index in [2.05, 4.69) is 32.6 Å². The zero-order valence-corrected chi connectivity index (χ0v) is 12.4. The van der Waals surface area contributed by atoms with Crippen LogP contribution in [0.4, 0.5) is 0 Å². The monoisotopic (exact) mass is 312 g/mol. The third-order valence-electron chi connectivity index (χ3n) is 3.45. The lowest BCUT2D eigenvalue weighted by molar-refractivity contribution is 0.354. The summed E-state index contributed by atoms with van der Waals surface area (Å²) < 4.78 is 6.47. The van der Waals surface area contributed by atoms with Crippen LogP contribution in [0, 0.1) is 5.92 Å². The van der Waals surface area contributed by atoms with Crippen molar-refractivity contribution in [1.82, 2.24) is 10.6 Å². The second-order valence-electron chi connectivity index (χ2n) is 4.78. The van der Waals surface area contributed by atoms with E-state index >= 15 is 0 Å². The van der Waals surface area contributed by atoms with Gasteiger partial charge in [-0.1, -0.05) is 15.9 Å². The number of hydrogen-bond acceptors (Lipinski definition) is 3. The molecule has 0 amide bonds. The summed E-state index contributed by atoms with van der Waals surface area (Å²) in [5.41, 5.74) is 1.21. The Morgan fingerprint density at radius 2 is 2.17 bits per heavy atom. The molecule has 1 aliphatic rings. The lowest BCUT2D eigenvalue weighted by atomic mass is 9.98.